The van der Waals surface area contributed by atoms with Gasteiger partial charge in [0.25, 0.3) is 0 Å². The topological polar surface area (TPSA) is 80.4 Å². The Hall–Kier alpha value is -0.720. The summed E-state index contributed by atoms with van der Waals surface area (Å²) in [6.07, 6.45) is -0.781. The van der Waals surface area contributed by atoms with Crippen LogP contribution >= 0.6 is 11.8 Å². The zero-order valence-electron chi connectivity index (χ0n) is 8.54. The number of nitrogens with two attached hydrogens (primary N) is 1. The predicted molar refractivity (Wildman–Crippen MR) is 65.2 cm³/mol. The van der Waals surface area contributed by atoms with Crippen molar-refractivity contribution in [2.75, 3.05) is 17.2 Å². The van der Waals surface area contributed by atoms with E-state index >= 15 is 0 Å². The average Bonchev–Trinajstić information content (AvgIpc) is 2.39. The highest BCUT2D eigenvalue weighted by Gasteiger charge is 2.36. The third kappa shape index (κ3) is 2.69. The molecule has 2 rings (SSSR count). The van der Waals surface area contributed by atoms with Crippen molar-refractivity contribution in [1.29, 1.82) is 0 Å². The van der Waals surface area contributed by atoms with Gasteiger partial charge in [-0.05, 0) is 18.2 Å². The molecule has 0 spiro atoms. The highest BCUT2D eigenvalue weighted by atomic mass is 32.2. The molecule has 3 N–H and O–H groups in total. The number of hydrogen-bond donors (Lipinski definition) is 2. The molecule has 6 heteroatoms. The van der Waals surface area contributed by atoms with Gasteiger partial charge in [0.2, 0.25) is 0 Å². The maximum absolute atomic E-state index is 11.3. The summed E-state index contributed by atoms with van der Waals surface area (Å²) >= 11 is 1.37. The number of benzene rings is 1. The van der Waals surface area contributed by atoms with E-state index in [1.165, 1.54) is 11.8 Å². The smallest absolute Gasteiger partial charge is 0.154 e. The third-order valence-corrected chi connectivity index (χ3v) is 5.65. The van der Waals surface area contributed by atoms with E-state index in [2.05, 4.69) is 0 Å². The van der Waals surface area contributed by atoms with Gasteiger partial charge in [0, 0.05) is 10.6 Å². The third-order valence-electron chi connectivity index (χ3n) is 2.42. The number of thioether (sulfide) groups is 1. The van der Waals surface area contributed by atoms with Gasteiger partial charge in [0.05, 0.1) is 22.9 Å². The lowest BCUT2D eigenvalue weighted by molar-refractivity contribution is 0.207. The molecule has 1 aliphatic rings. The molecular formula is C10H13NO3S2. The Morgan fingerprint density at radius 3 is 2.69 bits per heavy atom. The van der Waals surface area contributed by atoms with Crippen LogP contribution in [-0.4, -0.2) is 36.4 Å². The van der Waals surface area contributed by atoms with Crippen molar-refractivity contribution >= 4 is 27.3 Å². The Morgan fingerprint density at radius 1 is 1.38 bits per heavy atom. The summed E-state index contributed by atoms with van der Waals surface area (Å²) in [6, 6.07) is 7.22. The number of hydrogen-bond acceptors (Lipinski definition) is 5. The number of aliphatic hydroxyl groups is 1. The second-order valence-corrected chi connectivity index (χ2v) is 7.34. The molecule has 4 nitrogen and oxygen atoms in total. The molecule has 0 saturated carbocycles. The van der Waals surface area contributed by atoms with Crippen molar-refractivity contribution in [1.82, 2.24) is 0 Å². The van der Waals surface area contributed by atoms with Crippen LogP contribution in [0.15, 0.2) is 29.2 Å². The molecule has 16 heavy (non-hydrogen) atoms. The summed E-state index contributed by atoms with van der Waals surface area (Å²) in [6.45, 7) is 0. The van der Waals surface area contributed by atoms with E-state index in [0.29, 0.717) is 5.69 Å². The molecule has 1 heterocycles. The van der Waals surface area contributed by atoms with Crippen molar-refractivity contribution < 1.29 is 13.5 Å². The van der Waals surface area contributed by atoms with Crippen molar-refractivity contribution in [2.24, 2.45) is 0 Å². The van der Waals surface area contributed by atoms with Crippen molar-refractivity contribution in [3.05, 3.63) is 24.3 Å². The zero-order chi connectivity index (χ0) is 11.8. The Balaban J connectivity index is 2.11. The van der Waals surface area contributed by atoms with Crippen LogP contribution < -0.4 is 5.73 Å². The van der Waals surface area contributed by atoms with Gasteiger partial charge in [0.15, 0.2) is 9.84 Å². The fourth-order valence-corrected chi connectivity index (χ4v) is 5.26. The standard InChI is InChI=1S/C10H13NO3S2/c11-7-2-1-3-8(4-7)15-10-6-16(13,14)5-9(10)12/h1-4,9-10,12H,5-6,11H2. The molecule has 1 fully saturated rings. The molecule has 0 radical (unpaired) electrons. The minimum Gasteiger partial charge on any atom is -0.399 e. The van der Waals surface area contributed by atoms with Crippen molar-refractivity contribution in [3.8, 4) is 0 Å². The molecule has 2 unspecified atom stereocenters. The molecule has 0 aromatic heterocycles. The van der Waals surface area contributed by atoms with Gasteiger partial charge in [-0.25, -0.2) is 8.42 Å². The monoisotopic (exact) mass is 259 g/mol. The predicted octanol–water partition coefficient (Wildman–Crippen LogP) is 0.519. The summed E-state index contributed by atoms with van der Waals surface area (Å²) < 4.78 is 22.6. The normalized spacial score (nSPS) is 28.1. The van der Waals surface area contributed by atoms with Gasteiger partial charge in [-0.3, -0.25) is 0 Å². The van der Waals surface area contributed by atoms with Crippen LogP contribution in [0.25, 0.3) is 0 Å². The highest BCUT2D eigenvalue weighted by Crippen LogP contribution is 2.31. The average molecular weight is 259 g/mol. The molecule has 0 aliphatic carbocycles. The SMILES string of the molecule is Nc1cccc(SC2CS(=O)(=O)CC2O)c1. The number of anilines is 1. The van der Waals surface area contributed by atoms with Gasteiger partial charge in [0.1, 0.15) is 0 Å². The summed E-state index contributed by atoms with van der Waals surface area (Å²) in [5.41, 5.74) is 6.27. The Bertz CT molecular complexity index is 487. The first-order valence-corrected chi connectivity index (χ1v) is 7.57. The zero-order valence-corrected chi connectivity index (χ0v) is 10.2. The molecule has 1 aromatic carbocycles. The number of rotatable bonds is 2. The first kappa shape index (κ1) is 11.8. The molecule has 2 atom stereocenters. The molecule has 88 valence electrons. The molecule has 1 aliphatic heterocycles. The minimum absolute atomic E-state index is 0.0353. The van der Waals surface area contributed by atoms with Crippen LogP contribution in [0.2, 0.25) is 0 Å². The van der Waals surface area contributed by atoms with E-state index in [0.717, 1.165) is 4.90 Å². The first-order chi connectivity index (χ1) is 7.46. The molecule has 1 saturated heterocycles. The number of aliphatic hydroxyl groups excluding tert-OH is 1. The summed E-state index contributed by atoms with van der Waals surface area (Å²) in [5, 5.41) is 9.34. The second kappa shape index (κ2) is 4.27. The Kier molecular flexibility index (Phi) is 3.14. The molecular weight excluding hydrogens is 246 g/mol. The van der Waals surface area contributed by atoms with Crippen LogP contribution in [0.4, 0.5) is 5.69 Å². The van der Waals surface area contributed by atoms with Gasteiger partial charge in [-0.1, -0.05) is 6.07 Å². The van der Waals surface area contributed by atoms with Crippen LogP contribution in [0, 0.1) is 0 Å². The first-order valence-electron chi connectivity index (χ1n) is 4.87. The van der Waals surface area contributed by atoms with Crippen LogP contribution in [0.3, 0.4) is 0 Å². The lowest BCUT2D eigenvalue weighted by Crippen LogP contribution is -2.19. The summed E-state index contributed by atoms with van der Waals surface area (Å²) in [7, 11) is -3.08. The fraction of sp³-hybridized carbons (Fsp3) is 0.400. The second-order valence-electron chi connectivity index (χ2n) is 3.87. The maximum atomic E-state index is 11.3. The maximum Gasteiger partial charge on any atom is 0.154 e. The van der Waals surface area contributed by atoms with Crippen LogP contribution in [0.1, 0.15) is 0 Å². The minimum atomic E-state index is -3.08. The largest absolute Gasteiger partial charge is 0.399 e. The van der Waals surface area contributed by atoms with Crippen LogP contribution in [0.5, 0.6) is 0 Å². The van der Waals surface area contributed by atoms with Crippen molar-refractivity contribution in [3.63, 3.8) is 0 Å². The number of nitrogen functional groups attached to an aromatic ring is 1. The highest BCUT2D eigenvalue weighted by molar-refractivity contribution is 8.02. The van der Waals surface area contributed by atoms with Gasteiger partial charge in [-0.2, -0.15) is 0 Å². The van der Waals surface area contributed by atoms with E-state index in [9.17, 15) is 13.5 Å². The van der Waals surface area contributed by atoms with Crippen molar-refractivity contribution in [2.45, 2.75) is 16.2 Å². The van der Waals surface area contributed by atoms with Gasteiger partial charge in [-0.15, -0.1) is 11.8 Å². The summed E-state index contributed by atoms with van der Waals surface area (Å²) in [4.78, 5) is 0.890. The molecule has 1 aromatic rings. The van der Waals surface area contributed by atoms with E-state index < -0.39 is 15.9 Å². The Morgan fingerprint density at radius 2 is 2.12 bits per heavy atom. The van der Waals surface area contributed by atoms with Gasteiger partial charge < -0.3 is 10.8 Å². The summed E-state index contributed by atoms with van der Waals surface area (Å²) in [5.74, 6) is -0.0966. The van der Waals surface area contributed by atoms with E-state index in [1.54, 1.807) is 12.1 Å². The quantitative estimate of drug-likeness (QED) is 0.757. The lowest BCUT2D eigenvalue weighted by Gasteiger charge is -2.12. The fourth-order valence-electron chi connectivity index (χ4n) is 1.67. The van der Waals surface area contributed by atoms with Gasteiger partial charge >= 0.3 is 0 Å². The Labute approximate surface area is 98.8 Å². The molecule has 0 amide bonds. The van der Waals surface area contributed by atoms with E-state index in [4.69, 9.17) is 5.73 Å². The van der Waals surface area contributed by atoms with E-state index in [-0.39, 0.29) is 16.8 Å². The van der Waals surface area contributed by atoms with E-state index in [1.807, 2.05) is 12.1 Å². The lowest BCUT2D eigenvalue weighted by atomic mass is 10.3. The molecule has 0 bridgehead atoms. The van der Waals surface area contributed by atoms with Crippen LogP contribution in [-0.2, 0) is 9.84 Å². The number of sulfone groups is 1.